The monoisotopic (exact) mass is 616 g/mol. The summed E-state index contributed by atoms with van der Waals surface area (Å²) in [5.41, 5.74) is 2.91. The van der Waals surface area contributed by atoms with E-state index in [0.29, 0.717) is 40.9 Å². The van der Waals surface area contributed by atoms with Gasteiger partial charge in [0.05, 0.1) is 5.57 Å². The molecule has 0 saturated heterocycles. The van der Waals surface area contributed by atoms with Crippen LogP contribution in [0.2, 0.25) is 0 Å². The minimum atomic E-state index is -1.73. The summed E-state index contributed by atoms with van der Waals surface area (Å²) < 4.78 is 20.3. The van der Waals surface area contributed by atoms with Crippen LogP contribution in [-0.4, -0.2) is 39.8 Å². The lowest BCUT2D eigenvalue weighted by molar-refractivity contribution is -0.303. The van der Waals surface area contributed by atoms with Crippen LogP contribution in [-0.2, 0) is 21.4 Å². The van der Waals surface area contributed by atoms with E-state index in [1.165, 1.54) is 11.1 Å². The summed E-state index contributed by atoms with van der Waals surface area (Å²) in [5.74, 6) is -0.865. The van der Waals surface area contributed by atoms with Crippen LogP contribution >= 0.6 is 0 Å². The van der Waals surface area contributed by atoms with Crippen molar-refractivity contribution in [1.82, 2.24) is 0 Å². The molecule has 0 spiro atoms. The van der Waals surface area contributed by atoms with Gasteiger partial charge in [-0.25, -0.2) is 4.79 Å². The first-order chi connectivity index (χ1) is 21.0. The molecular formula is C39H52O6. The van der Waals surface area contributed by atoms with Gasteiger partial charge in [-0.1, -0.05) is 47.1 Å². The summed E-state index contributed by atoms with van der Waals surface area (Å²) in [6, 6.07) is 2.14. The third-order valence-corrected chi connectivity index (χ3v) is 14.9. The molecule has 6 heteroatoms. The van der Waals surface area contributed by atoms with Crippen LogP contribution in [0.15, 0.2) is 29.9 Å². The molecule has 2 N–H and O–H groups in total. The predicted molar refractivity (Wildman–Crippen MR) is 172 cm³/mol. The topological polar surface area (TPSA) is 85.2 Å². The molecule has 0 unspecified atom stereocenters. The van der Waals surface area contributed by atoms with Gasteiger partial charge in [0.15, 0.2) is 17.6 Å². The first-order valence-electron chi connectivity index (χ1n) is 17.6. The Morgan fingerprint density at radius 3 is 2.49 bits per heavy atom. The van der Waals surface area contributed by atoms with Gasteiger partial charge in [-0.2, -0.15) is 0 Å². The molecule has 1 aromatic carbocycles. The van der Waals surface area contributed by atoms with Crippen LogP contribution in [0.1, 0.15) is 116 Å². The van der Waals surface area contributed by atoms with Gasteiger partial charge in [-0.05, 0) is 128 Å². The Morgan fingerprint density at radius 2 is 1.76 bits per heavy atom. The number of ether oxygens (including phenoxy) is 3. The largest absolute Gasteiger partial charge is 0.479 e. The normalized spacial score (nSPS) is 47.3. The number of hydrogen-bond acceptors (Lipinski definition) is 6. The molecule has 10 atom stereocenters. The Labute approximate surface area is 268 Å². The van der Waals surface area contributed by atoms with Crippen LogP contribution in [0.3, 0.4) is 0 Å². The van der Waals surface area contributed by atoms with Crippen molar-refractivity contribution >= 4 is 5.97 Å². The van der Waals surface area contributed by atoms with Gasteiger partial charge in [0.1, 0.15) is 11.7 Å². The molecule has 6 nitrogen and oxygen atoms in total. The van der Waals surface area contributed by atoms with Gasteiger partial charge in [0.2, 0.25) is 0 Å². The Hall–Kier alpha value is -2.31. The maximum Gasteiger partial charge on any atom is 0.337 e. The number of carbonyl (C=O) groups excluding carboxylic acids is 1. The summed E-state index contributed by atoms with van der Waals surface area (Å²) in [6.07, 6.45) is 9.75. The third kappa shape index (κ3) is 3.57. The van der Waals surface area contributed by atoms with Gasteiger partial charge >= 0.3 is 11.8 Å². The van der Waals surface area contributed by atoms with Crippen molar-refractivity contribution in [2.75, 3.05) is 0 Å². The molecule has 2 aliphatic heterocycles. The Kier molecular flexibility index (Phi) is 5.99. The molecule has 0 aromatic heterocycles. The molecule has 8 rings (SSSR count). The molecule has 45 heavy (non-hydrogen) atoms. The fraction of sp³-hybridized carbons (Fsp3) is 0.718. The highest BCUT2D eigenvalue weighted by Gasteiger charge is 2.77. The fourth-order valence-electron chi connectivity index (χ4n) is 12.4. The predicted octanol–water partition coefficient (Wildman–Crippen LogP) is 7.25. The van der Waals surface area contributed by atoms with Crippen molar-refractivity contribution in [3.05, 3.63) is 46.6 Å². The number of aliphatic hydroxyl groups is 2. The van der Waals surface area contributed by atoms with E-state index in [1.807, 2.05) is 0 Å². The van der Waals surface area contributed by atoms with Crippen LogP contribution in [0.4, 0.5) is 0 Å². The lowest BCUT2D eigenvalue weighted by Gasteiger charge is -2.66. The van der Waals surface area contributed by atoms with Gasteiger partial charge in [0.25, 0.3) is 0 Å². The molecule has 0 amide bonds. The number of fused-ring (bicyclic) bond motifs is 8. The summed E-state index contributed by atoms with van der Waals surface area (Å²) in [4.78, 5) is 13.4. The van der Waals surface area contributed by atoms with Crippen LogP contribution in [0.25, 0.3) is 0 Å². The van der Waals surface area contributed by atoms with Crippen molar-refractivity contribution in [3.63, 3.8) is 0 Å². The highest BCUT2D eigenvalue weighted by atomic mass is 16.7. The molecule has 5 aliphatic carbocycles. The third-order valence-electron chi connectivity index (χ3n) is 14.9. The van der Waals surface area contributed by atoms with Gasteiger partial charge in [0, 0.05) is 11.5 Å². The first kappa shape index (κ1) is 30.1. The molecular weight excluding hydrogens is 564 g/mol. The number of allylic oxidation sites excluding steroid dienone is 1. The smallest absolute Gasteiger partial charge is 0.337 e. The van der Waals surface area contributed by atoms with Crippen molar-refractivity contribution in [2.24, 2.45) is 34.0 Å². The van der Waals surface area contributed by atoms with Crippen LogP contribution in [0, 0.1) is 40.9 Å². The van der Waals surface area contributed by atoms with Crippen molar-refractivity contribution in [1.29, 1.82) is 0 Å². The Morgan fingerprint density at radius 1 is 1.00 bits per heavy atom. The zero-order valence-corrected chi connectivity index (χ0v) is 28.3. The van der Waals surface area contributed by atoms with Gasteiger partial charge in [-0.3, -0.25) is 0 Å². The van der Waals surface area contributed by atoms with E-state index in [2.05, 4.69) is 60.3 Å². The molecule has 2 bridgehead atoms. The number of benzene rings is 1. The Balaban J connectivity index is 1.31. The SMILES string of the molecule is C=C[C@@]1(C)CC[C@]2(C)c3cc4c(c(C)c3CC[C@H]2C1)O[C@@H]1C2=C(C)C(=O)O[C@@]2(O4)[C@H](O)[C@H]2[C@]3(C)CCCC(C)(C)[C@H]3CC[C@@]12O. The quantitative estimate of drug-likeness (QED) is 0.255. The number of carbonyl (C=O) groups is 1. The van der Waals surface area contributed by atoms with Gasteiger partial charge < -0.3 is 24.4 Å². The van der Waals surface area contributed by atoms with E-state index < -0.39 is 35.5 Å². The minimum absolute atomic E-state index is 0.0293. The molecule has 4 fully saturated rings. The minimum Gasteiger partial charge on any atom is -0.479 e. The number of hydrogen-bond donors (Lipinski definition) is 2. The highest BCUT2D eigenvalue weighted by Crippen LogP contribution is 2.69. The maximum atomic E-state index is 13.4. The first-order valence-corrected chi connectivity index (χ1v) is 17.6. The van der Waals surface area contributed by atoms with E-state index in [4.69, 9.17) is 14.2 Å². The molecule has 244 valence electrons. The standard InChI is InChI=1S/C39H52O6/c1-9-35(6)17-18-36(7)23(20-35)11-12-24-21(2)29-26(19-25(24)36)44-39-28(22(3)33(41)45-39)32(43-29)38(42)16-13-27-34(4,5)14-10-15-37(27,8)30(38)31(39)40/h9,19,23,27,30-32,40,42H,1,10-18,20H2,2-8H3/t23-,27+,30-,31+,32+,35-,36-,37+,38-,39+/m0/s1. The van der Waals surface area contributed by atoms with Crippen LogP contribution < -0.4 is 9.47 Å². The zero-order chi connectivity index (χ0) is 32.1. The average Bonchev–Trinajstić information content (AvgIpc) is 3.13. The van der Waals surface area contributed by atoms with E-state index >= 15 is 0 Å². The summed E-state index contributed by atoms with van der Waals surface area (Å²) in [7, 11) is 0. The number of esters is 1. The lowest BCUT2D eigenvalue weighted by atomic mass is 9.41. The van der Waals surface area contributed by atoms with E-state index in [1.54, 1.807) is 6.92 Å². The molecule has 4 saturated carbocycles. The highest BCUT2D eigenvalue weighted by molar-refractivity contribution is 5.93. The van der Waals surface area contributed by atoms with Crippen molar-refractivity contribution in [3.8, 4) is 11.5 Å². The van der Waals surface area contributed by atoms with Gasteiger partial charge in [-0.15, -0.1) is 6.58 Å². The summed E-state index contributed by atoms with van der Waals surface area (Å²) in [5, 5.41) is 25.7. The second-order valence-electron chi connectivity index (χ2n) is 17.6. The molecule has 7 aliphatic rings. The number of aliphatic hydroxyl groups excluding tert-OH is 1. The number of rotatable bonds is 1. The summed E-state index contributed by atoms with van der Waals surface area (Å²) >= 11 is 0. The van der Waals surface area contributed by atoms with E-state index in [9.17, 15) is 15.0 Å². The lowest BCUT2D eigenvalue weighted by Crippen LogP contribution is -2.75. The second-order valence-corrected chi connectivity index (χ2v) is 17.6. The average molecular weight is 617 g/mol. The molecule has 1 aromatic rings. The van der Waals surface area contributed by atoms with E-state index in [0.717, 1.165) is 63.4 Å². The maximum absolute atomic E-state index is 13.4. The van der Waals surface area contributed by atoms with E-state index in [-0.39, 0.29) is 21.7 Å². The van der Waals surface area contributed by atoms with Crippen LogP contribution in [0.5, 0.6) is 11.5 Å². The van der Waals surface area contributed by atoms with Crippen molar-refractivity contribution < 1.29 is 29.2 Å². The second kappa shape index (κ2) is 8.98. The summed E-state index contributed by atoms with van der Waals surface area (Å²) in [6.45, 7) is 19.7. The molecule has 0 radical (unpaired) electrons. The molecule has 2 heterocycles. The zero-order valence-electron chi connectivity index (χ0n) is 28.3. The fourth-order valence-corrected chi connectivity index (χ4v) is 12.4. The van der Waals surface area contributed by atoms with Crippen molar-refractivity contribution in [2.45, 2.75) is 142 Å². The Bertz CT molecular complexity index is 1560.